The van der Waals surface area contributed by atoms with Crippen molar-refractivity contribution < 1.29 is 4.74 Å². The minimum absolute atomic E-state index is 0.0210. The Balaban J connectivity index is 1.05. The molecule has 0 atom stereocenters. The second kappa shape index (κ2) is 11.0. The number of nitrogens with zero attached hydrogens (tertiary/aromatic N) is 3. The van der Waals surface area contributed by atoms with Crippen molar-refractivity contribution in [3.8, 4) is 45.4 Å². The molecule has 264 valence electrons. The molecule has 1 spiro atoms. The first-order chi connectivity index (χ1) is 27.1. The van der Waals surface area contributed by atoms with Gasteiger partial charge in [-0.3, -0.25) is 0 Å². The van der Waals surface area contributed by atoms with E-state index in [0.29, 0.717) is 0 Å². The molecule has 0 radical (unpaired) electrons. The Bertz CT molecular complexity index is 2840. The molecule has 8 aromatic rings. The Hall–Kier alpha value is -5.65. The Morgan fingerprint density at radius 2 is 1.05 bits per heavy atom. The maximum absolute atomic E-state index is 6.63. The van der Waals surface area contributed by atoms with Crippen LogP contribution in [0.15, 0.2) is 133 Å². The molecular formula is C50H37N3OS. The van der Waals surface area contributed by atoms with Crippen molar-refractivity contribution in [2.75, 3.05) is 0 Å². The van der Waals surface area contributed by atoms with Crippen LogP contribution in [0.5, 0.6) is 11.5 Å². The molecule has 2 aromatic heterocycles. The van der Waals surface area contributed by atoms with Crippen molar-refractivity contribution in [2.24, 2.45) is 17.8 Å². The van der Waals surface area contributed by atoms with Crippen molar-refractivity contribution in [1.29, 1.82) is 0 Å². The van der Waals surface area contributed by atoms with Gasteiger partial charge in [0.25, 0.3) is 0 Å². The van der Waals surface area contributed by atoms with E-state index in [1.165, 1.54) is 92.1 Å². The standard InChI is InChI=1S/C50H37N3OS/c1-3-11-38-34(9-1)35-19-17-33(25-41(35)50(38)39-12-4-6-14-42(39)54-43-15-7-5-13-40(43)50)47-51-46(32-18-20-45-37(24-32)36-10-2-8-16-44(36)55-45)52-48(53-47)49-26-29-21-30(27-49)23-31(22-29)28-49/h1-20,24-25,29-31H,21-23,26-28H2. The number of benzene rings is 6. The highest BCUT2D eigenvalue weighted by atomic mass is 32.1. The highest BCUT2D eigenvalue weighted by Gasteiger charge is 2.54. The fourth-order valence-corrected chi connectivity index (χ4v) is 13.2. The summed E-state index contributed by atoms with van der Waals surface area (Å²) in [5, 5.41) is 2.56. The van der Waals surface area contributed by atoms with Gasteiger partial charge in [-0.25, -0.2) is 15.0 Å². The Labute approximate surface area is 323 Å². The molecule has 5 aliphatic carbocycles. The number of ether oxygens (including phenoxy) is 1. The zero-order valence-electron chi connectivity index (χ0n) is 30.3. The van der Waals surface area contributed by atoms with E-state index in [2.05, 4.69) is 133 Å². The van der Waals surface area contributed by atoms with Crippen LogP contribution < -0.4 is 4.74 Å². The molecule has 6 aliphatic rings. The molecule has 0 N–H and O–H groups in total. The smallest absolute Gasteiger partial charge is 0.163 e. The van der Waals surface area contributed by atoms with Gasteiger partial charge in [0.05, 0.1) is 5.41 Å². The molecule has 55 heavy (non-hydrogen) atoms. The number of para-hydroxylation sites is 2. The van der Waals surface area contributed by atoms with Crippen LogP contribution in [0.4, 0.5) is 0 Å². The SMILES string of the molecule is c1ccc2c(c1)Oc1ccccc1C21c2ccccc2-c2ccc(-c3nc(-c4ccc5sc6ccccc6c5c4)nc(C45CC6CC(CC(C6)C4)C5)n3)cc21. The molecule has 0 saturated heterocycles. The van der Waals surface area contributed by atoms with Gasteiger partial charge in [-0.1, -0.05) is 91.0 Å². The van der Waals surface area contributed by atoms with Gasteiger partial charge in [0.2, 0.25) is 0 Å². The molecule has 1 aliphatic heterocycles. The molecule has 0 unspecified atom stereocenters. The third kappa shape index (κ3) is 4.20. The van der Waals surface area contributed by atoms with Crippen molar-refractivity contribution in [1.82, 2.24) is 15.0 Å². The highest BCUT2D eigenvalue weighted by Crippen LogP contribution is 2.63. The van der Waals surface area contributed by atoms with Gasteiger partial charge >= 0.3 is 0 Å². The number of hydrogen-bond acceptors (Lipinski definition) is 5. The zero-order chi connectivity index (χ0) is 35.9. The van der Waals surface area contributed by atoms with E-state index in [1.54, 1.807) is 0 Å². The summed E-state index contributed by atoms with van der Waals surface area (Å²) in [6, 6.07) is 48.6. The maximum atomic E-state index is 6.63. The lowest BCUT2D eigenvalue weighted by Gasteiger charge is -2.56. The normalized spacial score (nSPS) is 23.4. The van der Waals surface area contributed by atoms with Crippen LogP contribution in [0.25, 0.3) is 54.1 Å². The molecule has 4 bridgehead atoms. The average molecular weight is 728 g/mol. The molecular weight excluding hydrogens is 691 g/mol. The van der Waals surface area contributed by atoms with Crippen LogP contribution >= 0.6 is 11.3 Å². The fraction of sp³-hybridized carbons (Fsp3) is 0.220. The minimum Gasteiger partial charge on any atom is -0.457 e. The maximum Gasteiger partial charge on any atom is 0.163 e. The number of fused-ring (bicyclic) bond motifs is 12. The van der Waals surface area contributed by atoms with E-state index >= 15 is 0 Å². The average Bonchev–Trinajstić information content (AvgIpc) is 3.74. The summed E-state index contributed by atoms with van der Waals surface area (Å²) >= 11 is 1.85. The van der Waals surface area contributed by atoms with Crippen LogP contribution in [0.2, 0.25) is 0 Å². The molecule has 5 heteroatoms. The Morgan fingerprint density at radius 3 is 1.78 bits per heavy atom. The first-order valence-electron chi connectivity index (χ1n) is 19.9. The van der Waals surface area contributed by atoms with E-state index in [4.69, 9.17) is 19.7 Å². The largest absolute Gasteiger partial charge is 0.457 e. The second-order valence-corrected chi connectivity index (χ2v) is 18.0. The van der Waals surface area contributed by atoms with Gasteiger partial charge in [-0.2, -0.15) is 0 Å². The first-order valence-corrected chi connectivity index (χ1v) is 20.7. The van der Waals surface area contributed by atoms with Gasteiger partial charge < -0.3 is 4.74 Å². The zero-order valence-corrected chi connectivity index (χ0v) is 31.2. The predicted molar refractivity (Wildman–Crippen MR) is 221 cm³/mol. The number of hydrogen-bond donors (Lipinski definition) is 0. The lowest BCUT2D eigenvalue weighted by atomic mass is 9.49. The molecule has 6 aromatic carbocycles. The van der Waals surface area contributed by atoms with Crippen LogP contribution in [0, 0.1) is 17.8 Å². The van der Waals surface area contributed by atoms with Gasteiger partial charge in [0.1, 0.15) is 17.3 Å². The van der Waals surface area contributed by atoms with Crippen LogP contribution in [-0.2, 0) is 10.8 Å². The summed E-state index contributed by atoms with van der Waals surface area (Å²) in [6.07, 6.45) is 7.75. The quantitative estimate of drug-likeness (QED) is 0.182. The lowest BCUT2D eigenvalue weighted by Crippen LogP contribution is -2.49. The minimum atomic E-state index is -0.545. The second-order valence-electron chi connectivity index (χ2n) is 17.0. The predicted octanol–water partition coefficient (Wildman–Crippen LogP) is 12.5. The van der Waals surface area contributed by atoms with E-state index in [0.717, 1.165) is 57.9 Å². The molecule has 4 fully saturated rings. The van der Waals surface area contributed by atoms with E-state index in [1.807, 2.05) is 11.3 Å². The summed E-state index contributed by atoms with van der Waals surface area (Å²) in [4.78, 5) is 16.5. The number of thiophene rings is 1. The molecule has 4 nitrogen and oxygen atoms in total. The van der Waals surface area contributed by atoms with Gasteiger partial charge in [-0.05, 0) is 121 Å². The first kappa shape index (κ1) is 30.7. The summed E-state index contributed by atoms with van der Waals surface area (Å²) in [5.74, 6) is 6.74. The summed E-state index contributed by atoms with van der Waals surface area (Å²) in [6.45, 7) is 0. The Kier molecular flexibility index (Phi) is 6.12. The van der Waals surface area contributed by atoms with Crippen LogP contribution in [0.3, 0.4) is 0 Å². The third-order valence-corrected chi connectivity index (χ3v) is 15.0. The summed E-state index contributed by atoms with van der Waals surface area (Å²) in [7, 11) is 0. The number of rotatable bonds is 3. The van der Waals surface area contributed by atoms with Crippen molar-refractivity contribution in [2.45, 2.75) is 49.4 Å². The van der Waals surface area contributed by atoms with Gasteiger partial charge in [0, 0.05) is 47.8 Å². The molecule has 0 amide bonds. The molecule has 3 heterocycles. The van der Waals surface area contributed by atoms with Crippen molar-refractivity contribution in [3.05, 3.63) is 162 Å². The molecule has 4 saturated carbocycles. The van der Waals surface area contributed by atoms with Crippen LogP contribution in [0.1, 0.15) is 66.6 Å². The highest BCUT2D eigenvalue weighted by molar-refractivity contribution is 7.25. The number of aromatic nitrogens is 3. The van der Waals surface area contributed by atoms with E-state index in [-0.39, 0.29) is 5.41 Å². The van der Waals surface area contributed by atoms with E-state index in [9.17, 15) is 0 Å². The monoisotopic (exact) mass is 727 g/mol. The van der Waals surface area contributed by atoms with Crippen LogP contribution in [-0.4, -0.2) is 15.0 Å². The summed E-state index contributed by atoms with van der Waals surface area (Å²) in [5.41, 5.74) is 8.94. The van der Waals surface area contributed by atoms with Crippen molar-refractivity contribution in [3.63, 3.8) is 0 Å². The molecule has 14 rings (SSSR count). The summed E-state index contributed by atoms with van der Waals surface area (Å²) < 4.78 is 9.23. The third-order valence-electron chi connectivity index (χ3n) is 13.9. The van der Waals surface area contributed by atoms with Gasteiger partial charge in [0.15, 0.2) is 11.6 Å². The van der Waals surface area contributed by atoms with E-state index < -0.39 is 5.41 Å². The van der Waals surface area contributed by atoms with Crippen molar-refractivity contribution >= 4 is 31.5 Å². The Morgan fingerprint density at radius 1 is 0.491 bits per heavy atom. The lowest BCUT2D eigenvalue weighted by molar-refractivity contribution is -0.00938. The van der Waals surface area contributed by atoms with Gasteiger partial charge in [-0.15, -0.1) is 11.3 Å². The topological polar surface area (TPSA) is 47.9 Å². The fourth-order valence-electron chi connectivity index (χ4n) is 12.1.